The molecule has 1 amide bonds. The molecule has 0 bridgehead atoms. The number of aromatic carboxylic acids is 1. The van der Waals surface area contributed by atoms with Gasteiger partial charge >= 0.3 is 5.97 Å². The third kappa shape index (κ3) is 6.70. The SMILES string of the molecule is COc1ccc(CNC(=O)/C(C#N)=C\c2ccc(OCc3ccc(C(=O)O)cc3)c(Br)c2)cc1. The first-order chi connectivity index (χ1) is 16.4. The summed E-state index contributed by atoms with van der Waals surface area (Å²) in [5.74, 6) is -0.159. The van der Waals surface area contributed by atoms with Crippen LogP contribution in [0.3, 0.4) is 0 Å². The van der Waals surface area contributed by atoms with Crippen LogP contribution in [0.1, 0.15) is 27.0 Å². The van der Waals surface area contributed by atoms with Crippen LogP contribution in [0.2, 0.25) is 0 Å². The van der Waals surface area contributed by atoms with E-state index in [1.807, 2.05) is 18.2 Å². The zero-order chi connectivity index (χ0) is 24.5. The Balaban J connectivity index is 1.62. The summed E-state index contributed by atoms with van der Waals surface area (Å²) in [6, 6.07) is 20.9. The lowest BCUT2D eigenvalue weighted by Gasteiger charge is -2.10. The Labute approximate surface area is 205 Å². The van der Waals surface area contributed by atoms with Crippen molar-refractivity contribution in [3.63, 3.8) is 0 Å². The van der Waals surface area contributed by atoms with Crippen LogP contribution in [0, 0.1) is 11.3 Å². The first kappa shape index (κ1) is 24.6. The summed E-state index contributed by atoms with van der Waals surface area (Å²) in [5, 5.41) is 21.2. The Morgan fingerprint density at radius 2 is 1.74 bits per heavy atom. The molecule has 0 aliphatic carbocycles. The summed E-state index contributed by atoms with van der Waals surface area (Å²) in [6.45, 7) is 0.538. The van der Waals surface area contributed by atoms with Crippen LogP contribution in [0.5, 0.6) is 11.5 Å². The molecule has 7 nitrogen and oxygen atoms in total. The molecule has 0 saturated carbocycles. The molecule has 34 heavy (non-hydrogen) atoms. The summed E-state index contributed by atoms with van der Waals surface area (Å²) in [5.41, 5.74) is 2.55. The molecule has 172 valence electrons. The average molecular weight is 521 g/mol. The zero-order valence-corrected chi connectivity index (χ0v) is 19.8. The van der Waals surface area contributed by atoms with Gasteiger partial charge in [-0.2, -0.15) is 5.26 Å². The maximum absolute atomic E-state index is 12.5. The minimum Gasteiger partial charge on any atom is -0.497 e. The summed E-state index contributed by atoms with van der Waals surface area (Å²) < 4.78 is 11.6. The summed E-state index contributed by atoms with van der Waals surface area (Å²) >= 11 is 3.45. The number of hydrogen-bond acceptors (Lipinski definition) is 5. The number of rotatable bonds is 9. The molecule has 3 aromatic rings. The normalized spacial score (nSPS) is 10.8. The number of carbonyl (C=O) groups excluding carboxylic acids is 1. The van der Waals surface area contributed by atoms with E-state index in [9.17, 15) is 14.9 Å². The van der Waals surface area contributed by atoms with E-state index in [2.05, 4.69) is 21.2 Å². The second-order valence-electron chi connectivity index (χ2n) is 7.18. The molecule has 0 radical (unpaired) electrons. The van der Waals surface area contributed by atoms with Gasteiger partial charge in [-0.05, 0) is 75.1 Å². The quantitative estimate of drug-likeness (QED) is 0.305. The van der Waals surface area contributed by atoms with Crippen LogP contribution >= 0.6 is 15.9 Å². The summed E-state index contributed by atoms with van der Waals surface area (Å²) in [6.07, 6.45) is 1.50. The molecule has 0 aliphatic heterocycles. The van der Waals surface area contributed by atoms with E-state index in [4.69, 9.17) is 14.6 Å². The van der Waals surface area contributed by atoms with Gasteiger partial charge in [0, 0.05) is 6.54 Å². The molecule has 0 aliphatic rings. The predicted molar refractivity (Wildman–Crippen MR) is 130 cm³/mol. The first-order valence-corrected chi connectivity index (χ1v) is 11.0. The Bertz CT molecular complexity index is 1250. The average Bonchev–Trinajstić information content (AvgIpc) is 2.85. The molecule has 3 aromatic carbocycles. The highest BCUT2D eigenvalue weighted by Crippen LogP contribution is 2.28. The fourth-order valence-electron chi connectivity index (χ4n) is 2.96. The van der Waals surface area contributed by atoms with E-state index < -0.39 is 11.9 Å². The van der Waals surface area contributed by atoms with E-state index in [-0.39, 0.29) is 24.3 Å². The van der Waals surface area contributed by atoms with Gasteiger partial charge in [0.25, 0.3) is 5.91 Å². The molecule has 2 N–H and O–H groups in total. The van der Waals surface area contributed by atoms with Gasteiger partial charge in [0.1, 0.15) is 29.7 Å². The third-order valence-corrected chi connectivity index (χ3v) is 5.46. The maximum atomic E-state index is 12.5. The standard InChI is InChI=1S/C26H21BrN2O5/c1-33-22-9-4-17(5-10-22)15-29-25(30)21(14-28)12-19-6-11-24(23(27)13-19)34-16-18-2-7-20(8-3-18)26(31)32/h2-13H,15-16H2,1H3,(H,29,30)(H,31,32)/b21-12-. The molecule has 0 fully saturated rings. The first-order valence-electron chi connectivity index (χ1n) is 10.2. The Morgan fingerprint density at radius 3 is 2.32 bits per heavy atom. The molecule has 0 heterocycles. The number of methoxy groups -OCH3 is 1. The number of amides is 1. The molecule has 0 unspecified atom stereocenters. The van der Waals surface area contributed by atoms with Crippen LogP contribution in [-0.2, 0) is 17.9 Å². The van der Waals surface area contributed by atoms with E-state index in [0.29, 0.717) is 15.8 Å². The number of nitriles is 1. The van der Waals surface area contributed by atoms with Crippen molar-refractivity contribution in [2.24, 2.45) is 0 Å². The molecule has 0 spiro atoms. The van der Waals surface area contributed by atoms with Crippen molar-refractivity contribution >= 4 is 33.9 Å². The predicted octanol–water partition coefficient (Wildman–Crippen LogP) is 4.96. The van der Waals surface area contributed by atoms with Gasteiger partial charge in [-0.25, -0.2) is 4.79 Å². The highest BCUT2D eigenvalue weighted by molar-refractivity contribution is 9.10. The number of carbonyl (C=O) groups is 2. The van der Waals surface area contributed by atoms with Crippen molar-refractivity contribution in [1.29, 1.82) is 5.26 Å². The summed E-state index contributed by atoms with van der Waals surface area (Å²) in [4.78, 5) is 23.4. The highest BCUT2D eigenvalue weighted by Gasteiger charge is 2.10. The molecule has 0 atom stereocenters. The van der Waals surface area contributed by atoms with Crippen molar-refractivity contribution in [1.82, 2.24) is 5.32 Å². The van der Waals surface area contributed by atoms with Crippen molar-refractivity contribution in [3.8, 4) is 17.6 Å². The number of carboxylic acid groups (broad SMARTS) is 1. The van der Waals surface area contributed by atoms with E-state index in [1.165, 1.54) is 18.2 Å². The molecule has 8 heteroatoms. The van der Waals surface area contributed by atoms with E-state index in [1.54, 1.807) is 49.6 Å². The fourth-order valence-corrected chi connectivity index (χ4v) is 3.48. The van der Waals surface area contributed by atoms with Crippen molar-refractivity contribution in [3.05, 3.63) is 99.0 Å². The lowest BCUT2D eigenvalue weighted by molar-refractivity contribution is -0.117. The zero-order valence-electron chi connectivity index (χ0n) is 18.2. The molecular weight excluding hydrogens is 500 g/mol. The van der Waals surface area contributed by atoms with Gasteiger partial charge in [-0.1, -0.05) is 30.3 Å². The van der Waals surface area contributed by atoms with E-state index >= 15 is 0 Å². The van der Waals surface area contributed by atoms with Gasteiger partial charge in [0.15, 0.2) is 0 Å². The minimum atomic E-state index is -0.981. The Hall–Kier alpha value is -4.09. The van der Waals surface area contributed by atoms with Gasteiger partial charge < -0.3 is 19.9 Å². The van der Waals surface area contributed by atoms with Gasteiger partial charge in [-0.3, -0.25) is 4.79 Å². The fraction of sp³-hybridized carbons (Fsp3) is 0.115. The third-order valence-electron chi connectivity index (χ3n) is 4.84. The van der Waals surface area contributed by atoms with Crippen LogP contribution in [0.4, 0.5) is 0 Å². The highest BCUT2D eigenvalue weighted by atomic mass is 79.9. The molecule has 0 aromatic heterocycles. The number of nitrogens with zero attached hydrogens (tertiary/aromatic N) is 1. The van der Waals surface area contributed by atoms with Crippen molar-refractivity contribution < 1.29 is 24.2 Å². The number of halogens is 1. The van der Waals surface area contributed by atoms with Gasteiger partial charge in [0.2, 0.25) is 0 Å². The van der Waals surface area contributed by atoms with Gasteiger partial charge in [-0.15, -0.1) is 0 Å². The van der Waals surface area contributed by atoms with Gasteiger partial charge in [0.05, 0.1) is 17.1 Å². The van der Waals surface area contributed by atoms with E-state index in [0.717, 1.165) is 16.9 Å². The molecule has 0 saturated heterocycles. The number of nitrogens with one attached hydrogen (secondary N) is 1. The van der Waals surface area contributed by atoms with Crippen LogP contribution in [0.15, 0.2) is 76.8 Å². The van der Waals surface area contributed by atoms with Crippen LogP contribution in [0.25, 0.3) is 6.08 Å². The minimum absolute atomic E-state index is 0.0207. The van der Waals surface area contributed by atoms with Crippen molar-refractivity contribution in [2.75, 3.05) is 7.11 Å². The topological polar surface area (TPSA) is 109 Å². The lowest BCUT2D eigenvalue weighted by Crippen LogP contribution is -2.23. The lowest BCUT2D eigenvalue weighted by atomic mass is 10.1. The molecule has 3 rings (SSSR count). The number of hydrogen-bond donors (Lipinski definition) is 2. The summed E-state index contributed by atoms with van der Waals surface area (Å²) in [7, 11) is 1.58. The van der Waals surface area contributed by atoms with Crippen molar-refractivity contribution in [2.45, 2.75) is 13.2 Å². The number of benzene rings is 3. The smallest absolute Gasteiger partial charge is 0.335 e. The monoisotopic (exact) mass is 520 g/mol. The Kier molecular flexibility index (Phi) is 8.43. The second-order valence-corrected chi connectivity index (χ2v) is 8.04. The number of ether oxygens (including phenoxy) is 2. The maximum Gasteiger partial charge on any atom is 0.335 e. The van der Waals surface area contributed by atoms with Crippen LogP contribution < -0.4 is 14.8 Å². The Morgan fingerprint density at radius 1 is 1.06 bits per heavy atom. The second kappa shape index (κ2) is 11.7. The number of carboxylic acids is 1. The molecular formula is C26H21BrN2O5. The van der Waals surface area contributed by atoms with Crippen LogP contribution in [-0.4, -0.2) is 24.1 Å². The largest absolute Gasteiger partial charge is 0.497 e.